The molecule has 0 amide bonds. The average Bonchev–Trinajstić information content (AvgIpc) is 2.32. The minimum atomic E-state index is 0.284. The first-order valence-electron chi connectivity index (χ1n) is 5.49. The fraction of sp³-hybridized carbons (Fsp3) is 0.500. The first-order chi connectivity index (χ1) is 7.75. The van der Waals surface area contributed by atoms with E-state index < -0.39 is 0 Å². The van der Waals surface area contributed by atoms with Crippen LogP contribution in [0.4, 0.5) is 5.69 Å². The minimum Gasteiger partial charge on any atom is -0.399 e. The van der Waals surface area contributed by atoms with E-state index in [-0.39, 0.29) is 6.10 Å². The Morgan fingerprint density at radius 3 is 2.88 bits per heavy atom. The van der Waals surface area contributed by atoms with Crippen LogP contribution in [-0.4, -0.2) is 19.3 Å². The van der Waals surface area contributed by atoms with Crippen LogP contribution in [0, 0.1) is 0 Å². The van der Waals surface area contributed by atoms with Crippen LogP contribution in [0.15, 0.2) is 18.2 Å². The maximum Gasteiger partial charge on any atom is 0.0735 e. The summed E-state index contributed by atoms with van der Waals surface area (Å²) in [5, 5.41) is 0.709. The lowest BCUT2D eigenvalue weighted by atomic mass is 10.1. The standard InChI is InChI=1S/C12H16ClNO2/c13-12-2-1-10(14)7-9(12)8-16-11-3-5-15-6-4-11/h1-2,7,11H,3-6,8,14H2. The van der Waals surface area contributed by atoms with E-state index in [0.29, 0.717) is 11.6 Å². The highest BCUT2D eigenvalue weighted by atomic mass is 35.5. The number of nitrogen functional groups attached to an aromatic ring is 1. The molecule has 88 valence electrons. The first kappa shape index (κ1) is 11.7. The van der Waals surface area contributed by atoms with Crippen LogP contribution in [0.2, 0.25) is 5.02 Å². The van der Waals surface area contributed by atoms with Crippen LogP contribution >= 0.6 is 11.6 Å². The second kappa shape index (κ2) is 5.53. The highest BCUT2D eigenvalue weighted by Gasteiger charge is 2.14. The Bertz CT molecular complexity index is 351. The Morgan fingerprint density at radius 1 is 1.38 bits per heavy atom. The van der Waals surface area contributed by atoms with Gasteiger partial charge in [-0.1, -0.05) is 11.6 Å². The highest BCUT2D eigenvalue weighted by molar-refractivity contribution is 6.31. The van der Waals surface area contributed by atoms with Crippen LogP contribution in [0.3, 0.4) is 0 Å². The summed E-state index contributed by atoms with van der Waals surface area (Å²) in [5.74, 6) is 0. The lowest BCUT2D eigenvalue weighted by molar-refractivity contribution is -0.0390. The Morgan fingerprint density at radius 2 is 2.12 bits per heavy atom. The van der Waals surface area contributed by atoms with Crippen molar-refractivity contribution in [1.29, 1.82) is 0 Å². The van der Waals surface area contributed by atoms with Gasteiger partial charge in [-0.25, -0.2) is 0 Å². The van der Waals surface area contributed by atoms with Gasteiger partial charge in [-0.3, -0.25) is 0 Å². The molecular weight excluding hydrogens is 226 g/mol. The van der Waals surface area contributed by atoms with Crippen LogP contribution < -0.4 is 5.73 Å². The summed E-state index contributed by atoms with van der Waals surface area (Å²) in [6.07, 6.45) is 2.20. The van der Waals surface area contributed by atoms with E-state index in [4.69, 9.17) is 26.8 Å². The summed E-state index contributed by atoms with van der Waals surface area (Å²) in [6.45, 7) is 2.10. The summed E-state index contributed by atoms with van der Waals surface area (Å²) in [5.41, 5.74) is 7.37. The Balaban J connectivity index is 1.90. The minimum absolute atomic E-state index is 0.284. The van der Waals surface area contributed by atoms with Gasteiger partial charge in [0.15, 0.2) is 0 Å². The van der Waals surface area contributed by atoms with Crippen LogP contribution in [0.5, 0.6) is 0 Å². The summed E-state index contributed by atoms with van der Waals surface area (Å²) in [4.78, 5) is 0. The molecule has 1 heterocycles. The normalized spacial score (nSPS) is 17.6. The molecule has 0 atom stereocenters. The molecule has 1 fully saturated rings. The molecule has 2 rings (SSSR count). The van der Waals surface area contributed by atoms with Gasteiger partial charge in [0.1, 0.15) is 0 Å². The smallest absolute Gasteiger partial charge is 0.0735 e. The molecule has 4 heteroatoms. The molecule has 0 saturated carbocycles. The molecule has 1 saturated heterocycles. The van der Waals surface area contributed by atoms with Gasteiger partial charge in [0.25, 0.3) is 0 Å². The third-order valence-corrected chi connectivity index (χ3v) is 3.08. The van der Waals surface area contributed by atoms with Crippen molar-refractivity contribution in [3.05, 3.63) is 28.8 Å². The molecule has 2 N–H and O–H groups in total. The molecular formula is C12H16ClNO2. The molecule has 0 spiro atoms. The van der Waals surface area contributed by atoms with Crippen LogP contribution in [0.1, 0.15) is 18.4 Å². The van der Waals surface area contributed by atoms with E-state index in [9.17, 15) is 0 Å². The van der Waals surface area contributed by atoms with Crippen LogP contribution in [0.25, 0.3) is 0 Å². The van der Waals surface area contributed by atoms with Gasteiger partial charge in [0.05, 0.1) is 12.7 Å². The van der Waals surface area contributed by atoms with Crippen molar-refractivity contribution in [2.45, 2.75) is 25.6 Å². The quantitative estimate of drug-likeness (QED) is 0.828. The first-order valence-corrected chi connectivity index (χ1v) is 5.87. The van der Waals surface area contributed by atoms with Gasteiger partial charge in [-0.15, -0.1) is 0 Å². The largest absolute Gasteiger partial charge is 0.399 e. The van der Waals surface area contributed by atoms with E-state index >= 15 is 0 Å². The van der Waals surface area contributed by atoms with Crippen LogP contribution in [-0.2, 0) is 16.1 Å². The molecule has 1 aliphatic heterocycles. The molecule has 1 aromatic rings. The van der Waals surface area contributed by atoms with Crippen molar-refractivity contribution in [2.75, 3.05) is 18.9 Å². The zero-order valence-electron chi connectivity index (χ0n) is 9.12. The van der Waals surface area contributed by atoms with E-state index in [2.05, 4.69) is 0 Å². The maximum absolute atomic E-state index is 6.05. The van der Waals surface area contributed by atoms with E-state index in [1.165, 1.54) is 0 Å². The zero-order chi connectivity index (χ0) is 11.4. The Kier molecular flexibility index (Phi) is 4.04. The van der Waals surface area contributed by atoms with Crippen molar-refractivity contribution in [2.24, 2.45) is 0 Å². The van der Waals surface area contributed by atoms with Crippen molar-refractivity contribution < 1.29 is 9.47 Å². The molecule has 0 aromatic heterocycles. The third-order valence-electron chi connectivity index (χ3n) is 2.71. The lowest BCUT2D eigenvalue weighted by Crippen LogP contribution is -2.23. The van der Waals surface area contributed by atoms with E-state index in [0.717, 1.165) is 37.3 Å². The lowest BCUT2D eigenvalue weighted by Gasteiger charge is -2.22. The summed E-state index contributed by atoms with van der Waals surface area (Å²) in [6, 6.07) is 5.46. The monoisotopic (exact) mass is 241 g/mol. The maximum atomic E-state index is 6.05. The zero-order valence-corrected chi connectivity index (χ0v) is 9.87. The molecule has 16 heavy (non-hydrogen) atoms. The number of hydrogen-bond acceptors (Lipinski definition) is 3. The number of anilines is 1. The number of halogens is 1. The number of benzene rings is 1. The molecule has 0 bridgehead atoms. The van der Waals surface area contributed by atoms with Gasteiger partial charge in [0.2, 0.25) is 0 Å². The summed E-state index contributed by atoms with van der Waals surface area (Å²) >= 11 is 6.05. The van der Waals surface area contributed by atoms with Crippen molar-refractivity contribution in [1.82, 2.24) is 0 Å². The molecule has 0 radical (unpaired) electrons. The predicted octanol–water partition coefficient (Wildman–Crippen LogP) is 2.62. The fourth-order valence-corrected chi connectivity index (χ4v) is 1.93. The predicted molar refractivity (Wildman–Crippen MR) is 64.5 cm³/mol. The average molecular weight is 242 g/mol. The topological polar surface area (TPSA) is 44.5 Å². The number of nitrogens with two attached hydrogens (primary N) is 1. The second-order valence-electron chi connectivity index (χ2n) is 3.97. The molecule has 1 aromatic carbocycles. The fourth-order valence-electron chi connectivity index (χ4n) is 1.76. The molecule has 0 unspecified atom stereocenters. The molecule has 0 aliphatic carbocycles. The summed E-state index contributed by atoms with van der Waals surface area (Å²) < 4.78 is 11.1. The van der Waals surface area contributed by atoms with Crippen molar-refractivity contribution in [3.63, 3.8) is 0 Å². The third kappa shape index (κ3) is 3.11. The van der Waals surface area contributed by atoms with Gasteiger partial charge in [-0.05, 0) is 36.6 Å². The van der Waals surface area contributed by atoms with Gasteiger partial charge >= 0.3 is 0 Å². The molecule has 3 nitrogen and oxygen atoms in total. The SMILES string of the molecule is Nc1ccc(Cl)c(COC2CCOCC2)c1. The highest BCUT2D eigenvalue weighted by Crippen LogP contribution is 2.21. The van der Waals surface area contributed by atoms with E-state index in [1.54, 1.807) is 12.1 Å². The number of ether oxygens (including phenoxy) is 2. The van der Waals surface area contributed by atoms with Gasteiger partial charge in [0, 0.05) is 23.9 Å². The van der Waals surface area contributed by atoms with Crippen molar-refractivity contribution >= 4 is 17.3 Å². The second-order valence-corrected chi connectivity index (χ2v) is 4.38. The number of rotatable bonds is 3. The summed E-state index contributed by atoms with van der Waals surface area (Å²) in [7, 11) is 0. The number of hydrogen-bond donors (Lipinski definition) is 1. The Labute approximate surface area is 100 Å². The van der Waals surface area contributed by atoms with Crippen molar-refractivity contribution in [3.8, 4) is 0 Å². The Hall–Kier alpha value is -0.770. The van der Waals surface area contributed by atoms with Gasteiger partial charge in [-0.2, -0.15) is 0 Å². The van der Waals surface area contributed by atoms with E-state index in [1.807, 2.05) is 6.07 Å². The van der Waals surface area contributed by atoms with Gasteiger partial charge < -0.3 is 15.2 Å². The molecule has 1 aliphatic rings.